The van der Waals surface area contributed by atoms with Gasteiger partial charge < -0.3 is 9.88 Å². The summed E-state index contributed by atoms with van der Waals surface area (Å²) in [7, 11) is 0. The Morgan fingerprint density at radius 1 is 1.00 bits per heavy atom. The van der Waals surface area contributed by atoms with Crippen LogP contribution in [0, 0.1) is 0 Å². The van der Waals surface area contributed by atoms with E-state index in [-0.39, 0.29) is 0 Å². The maximum absolute atomic E-state index is 3.71. The van der Waals surface area contributed by atoms with E-state index < -0.39 is 0 Å². The van der Waals surface area contributed by atoms with Gasteiger partial charge in [-0.1, -0.05) is 54.6 Å². The maximum Gasteiger partial charge on any atom is 0.0901 e. The molecule has 122 valence electrons. The predicted octanol–water partition coefficient (Wildman–Crippen LogP) is 5.70. The van der Waals surface area contributed by atoms with E-state index >= 15 is 0 Å². The molecule has 0 radical (unpaired) electrons. The second-order valence-corrected chi connectivity index (χ2v) is 8.02. The average Bonchev–Trinajstić information content (AvgIpc) is 3.33. The summed E-state index contributed by atoms with van der Waals surface area (Å²) in [5.74, 6) is 0.469. The van der Waals surface area contributed by atoms with Crippen molar-refractivity contribution in [3.63, 3.8) is 0 Å². The van der Waals surface area contributed by atoms with Crippen LogP contribution < -0.4 is 4.90 Å². The van der Waals surface area contributed by atoms with Crippen LogP contribution in [-0.4, -0.2) is 16.4 Å². The van der Waals surface area contributed by atoms with E-state index in [0.29, 0.717) is 17.3 Å². The largest absolute Gasteiger partial charge is 0.354 e. The second kappa shape index (κ2) is 5.06. The Morgan fingerprint density at radius 2 is 1.96 bits per heavy atom. The van der Waals surface area contributed by atoms with E-state index in [1.807, 2.05) is 11.8 Å². The molecule has 2 aliphatic heterocycles. The van der Waals surface area contributed by atoms with Gasteiger partial charge in [0.2, 0.25) is 0 Å². The third kappa shape index (κ3) is 1.82. The van der Waals surface area contributed by atoms with E-state index in [4.69, 9.17) is 0 Å². The highest BCUT2D eigenvalue weighted by molar-refractivity contribution is 8.03. The summed E-state index contributed by atoms with van der Waals surface area (Å²) in [5.41, 5.74) is 5.42. The minimum atomic E-state index is 0.452. The molecule has 3 unspecified atom stereocenters. The zero-order valence-corrected chi connectivity index (χ0v) is 14.5. The number of aromatic amines is 1. The van der Waals surface area contributed by atoms with Crippen LogP contribution in [0.3, 0.4) is 0 Å². The van der Waals surface area contributed by atoms with Gasteiger partial charge in [0, 0.05) is 33.5 Å². The highest BCUT2D eigenvalue weighted by Gasteiger charge is 2.43. The van der Waals surface area contributed by atoms with Crippen LogP contribution in [0.2, 0.25) is 0 Å². The molecule has 3 aromatic rings. The fraction of sp³-hybridized carbons (Fsp3) is 0.182. The third-order valence-corrected chi connectivity index (χ3v) is 6.82. The molecule has 2 nitrogen and oxygen atoms in total. The summed E-state index contributed by atoms with van der Waals surface area (Å²) in [5, 5.41) is 5.44. The number of anilines is 1. The molecule has 1 aromatic heterocycles. The van der Waals surface area contributed by atoms with Crippen LogP contribution in [0.25, 0.3) is 21.8 Å². The second-order valence-electron chi connectivity index (χ2n) is 7.00. The molecule has 0 amide bonds. The van der Waals surface area contributed by atoms with Gasteiger partial charge in [-0.3, -0.25) is 0 Å². The van der Waals surface area contributed by atoms with Gasteiger partial charge in [-0.2, -0.15) is 0 Å². The number of nitrogens with one attached hydrogen (secondary N) is 1. The number of aromatic nitrogens is 1. The summed E-state index contributed by atoms with van der Waals surface area (Å²) < 4.78 is 0. The number of allylic oxidation sites excluding steroid dienone is 2. The fourth-order valence-corrected chi connectivity index (χ4v) is 5.86. The highest BCUT2D eigenvalue weighted by Crippen LogP contribution is 2.54. The number of thioether (sulfide) groups is 1. The molecule has 3 aliphatic rings. The standard InChI is InChI=1S/C22H18N2S/c1-2-6-14(7-3-1)24-19-11-10-16-15-8-4-5-9-18(15)23-21(16)20(19)17-12-13-25-22(17)24/h1-6,8-14,17,22-23H,7H2. The van der Waals surface area contributed by atoms with E-state index in [9.17, 15) is 0 Å². The van der Waals surface area contributed by atoms with Crippen molar-refractivity contribution in [2.24, 2.45) is 0 Å². The number of fused-ring (bicyclic) bond motifs is 7. The lowest BCUT2D eigenvalue weighted by Crippen LogP contribution is -2.38. The first-order valence-corrected chi connectivity index (χ1v) is 9.83. The molecule has 1 aliphatic carbocycles. The molecule has 1 N–H and O–H groups in total. The molecule has 0 bridgehead atoms. The number of nitrogens with zero attached hydrogens (tertiary/aromatic N) is 1. The van der Waals surface area contributed by atoms with Gasteiger partial charge in [0.25, 0.3) is 0 Å². The molecule has 0 saturated carbocycles. The number of hydrogen-bond acceptors (Lipinski definition) is 2. The molecule has 6 rings (SSSR count). The lowest BCUT2D eigenvalue weighted by atomic mass is 9.98. The quantitative estimate of drug-likeness (QED) is 0.612. The Morgan fingerprint density at radius 3 is 2.88 bits per heavy atom. The van der Waals surface area contributed by atoms with Crippen LogP contribution in [0.4, 0.5) is 5.69 Å². The summed E-state index contributed by atoms with van der Waals surface area (Å²) in [4.78, 5) is 6.35. The smallest absolute Gasteiger partial charge is 0.0901 e. The molecule has 3 heterocycles. The number of hydrogen-bond donors (Lipinski definition) is 1. The van der Waals surface area contributed by atoms with Crippen molar-refractivity contribution >= 4 is 39.3 Å². The van der Waals surface area contributed by atoms with Crippen molar-refractivity contribution in [2.45, 2.75) is 23.8 Å². The molecule has 3 heteroatoms. The predicted molar refractivity (Wildman–Crippen MR) is 108 cm³/mol. The third-order valence-electron chi connectivity index (χ3n) is 5.71. The minimum absolute atomic E-state index is 0.452. The zero-order valence-electron chi connectivity index (χ0n) is 13.7. The van der Waals surface area contributed by atoms with Gasteiger partial charge in [0.1, 0.15) is 0 Å². The van der Waals surface area contributed by atoms with Gasteiger partial charge in [-0.05, 0) is 24.0 Å². The maximum atomic E-state index is 3.71. The molecule has 2 aromatic carbocycles. The van der Waals surface area contributed by atoms with Crippen molar-refractivity contribution in [1.82, 2.24) is 4.98 Å². The molecule has 0 saturated heterocycles. The topological polar surface area (TPSA) is 19.0 Å². The average molecular weight is 342 g/mol. The minimum Gasteiger partial charge on any atom is -0.354 e. The normalized spacial score (nSPS) is 26.7. The van der Waals surface area contributed by atoms with Crippen LogP contribution in [0.15, 0.2) is 72.2 Å². The van der Waals surface area contributed by atoms with Crippen LogP contribution in [0.5, 0.6) is 0 Å². The van der Waals surface area contributed by atoms with Gasteiger partial charge in [0.05, 0.1) is 16.9 Å². The fourth-order valence-electron chi connectivity index (χ4n) is 4.64. The Labute approximate surface area is 150 Å². The molecule has 0 spiro atoms. The van der Waals surface area contributed by atoms with E-state index in [2.05, 4.69) is 82.1 Å². The molecular weight excluding hydrogens is 324 g/mol. The Hall–Kier alpha value is -2.39. The highest BCUT2D eigenvalue weighted by atomic mass is 32.2. The van der Waals surface area contributed by atoms with Gasteiger partial charge in [-0.15, -0.1) is 11.8 Å². The molecular formula is C22H18N2S. The van der Waals surface area contributed by atoms with Crippen molar-refractivity contribution in [1.29, 1.82) is 0 Å². The van der Waals surface area contributed by atoms with Gasteiger partial charge in [0.15, 0.2) is 0 Å². The van der Waals surface area contributed by atoms with Gasteiger partial charge >= 0.3 is 0 Å². The van der Waals surface area contributed by atoms with Crippen molar-refractivity contribution in [3.8, 4) is 0 Å². The van der Waals surface area contributed by atoms with Crippen molar-refractivity contribution in [3.05, 3.63) is 77.7 Å². The Kier molecular flexibility index (Phi) is 2.80. The summed E-state index contributed by atoms with van der Waals surface area (Å²) >= 11 is 1.96. The number of benzene rings is 2. The Bertz CT molecular complexity index is 1090. The lowest BCUT2D eigenvalue weighted by molar-refractivity contribution is 0.667. The SMILES string of the molecule is C1=CCC(N2c3ccc4c([nH]c5ccccc54)c3C3C=CSC32)C=C1. The molecule has 3 atom stereocenters. The molecule has 25 heavy (non-hydrogen) atoms. The monoisotopic (exact) mass is 342 g/mol. The van der Waals surface area contributed by atoms with Crippen molar-refractivity contribution < 1.29 is 0 Å². The number of rotatable bonds is 1. The first-order chi connectivity index (χ1) is 12.4. The summed E-state index contributed by atoms with van der Waals surface area (Å²) in [6.07, 6.45) is 12.5. The van der Waals surface area contributed by atoms with Crippen LogP contribution in [0.1, 0.15) is 17.9 Å². The first-order valence-electron chi connectivity index (χ1n) is 8.89. The Balaban J connectivity index is 1.62. The van der Waals surface area contributed by atoms with Crippen molar-refractivity contribution in [2.75, 3.05) is 4.90 Å². The zero-order chi connectivity index (χ0) is 16.4. The van der Waals surface area contributed by atoms with E-state index in [1.165, 1.54) is 33.1 Å². The summed E-state index contributed by atoms with van der Waals surface area (Å²) in [6, 6.07) is 13.7. The summed E-state index contributed by atoms with van der Waals surface area (Å²) in [6.45, 7) is 0. The van der Waals surface area contributed by atoms with E-state index in [1.54, 1.807) is 0 Å². The molecule has 0 fully saturated rings. The first kappa shape index (κ1) is 13.9. The lowest BCUT2D eigenvalue weighted by Gasteiger charge is -2.33. The number of H-pyrrole nitrogens is 1. The van der Waals surface area contributed by atoms with Gasteiger partial charge in [-0.25, -0.2) is 0 Å². The van der Waals surface area contributed by atoms with Crippen LogP contribution >= 0.6 is 11.8 Å². The number of para-hydroxylation sites is 1. The van der Waals surface area contributed by atoms with E-state index in [0.717, 1.165) is 6.42 Å². The van der Waals surface area contributed by atoms with Crippen LogP contribution in [-0.2, 0) is 0 Å².